The minimum absolute atomic E-state index is 0. The van der Waals surface area contributed by atoms with Crippen molar-refractivity contribution in [3.8, 4) is 0 Å². The quantitative estimate of drug-likeness (QED) is 0.164. The molecule has 3 aliphatic rings. The van der Waals surface area contributed by atoms with E-state index in [9.17, 15) is 0 Å². The van der Waals surface area contributed by atoms with Gasteiger partial charge in [0.2, 0.25) is 0 Å². The Kier molecular flexibility index (Phi) is 9.83. The molecule has 2 aliphatic carbocycles. The van der Waals surface area contributed by atoms with Crippen molar-refractivity contribution in [2.75, 3.05) is 0 Å². The fourth-order valence-electron chi connectivity index (χ4n) is 6.36. The van der Waals surface area contributed by atoms with Crippen LogP contribution in [0.2, 0.25) is 12.1 Å². The summed E-state index contributed by atoms with van der Waals surface area (Å²) in [5.41, 5.74) is 8.87. The normalized spacial score (nSPS) is 19.0. The molecule has 7 rings (SSSR count). The monoisotopic (exact) mass is 588 g/mol. The Hall–Kier alpha value is -2.02. The van der Waals surface area contributed by atoms with Crippen LogP contribution in [-0.2, 0) is 26.2 Å². The van der Waals surface area contributed by atoms with Gasteiger partial charge in [-0.25, -0.2) is 0 Å². The van der Waals surface area contributed by atoms with Gasteiger partial charge in [0.1, 0.15) is 0 Å². The van der Waals surface area contributed by atoms with Crippen LogP contribution in [-0.4, -0.2) is 9.52 Å². The molecule has 2 atom stereocenters. The van der Waals surface area contributed by atoms with Crippen LogP contribution in [0.15, 0.2) is 83.9 Å². The van der Waals surface area contributed by atoms with Gasteiger partial charge in [-0.3, -0.25) is 0 Å². The van der Waals surface area contributed by atoms with E-state index >= 15 is 0 Å². The van der Waals surface area contributed by atoms with Gasteiger partial charge in [-0.1, -0.05) is 146 Å². The SMILES string of the molecule is C1CC[Si]C1.CCC1=Cc2c(ccc3ccccc23)C1[CH-]C1C(CC)=Cc2c1ccc1ccccc21.[CH3-].[Zr+2]. The van der Waals surface area contributed by atoms with Crippen LogP contribution in [0.4, 0.5) is 0 Å². The predicted molar refractivity (Wildman–Crippen MR) is 165 cm³/mol. The van der Waals surface area contributed by atoms with E-state index < -0.39 is 0 Å². The molecule has 0 saturated carbocycles. The summed E-state index contributed by atoms with van der Waals surface area (Å²) in [4.78, 5) is 0. The zero-order chi connectivity index (χ0) is 24.5. The van der Waals surface area contributed by atoms with Crippen molar-refractivity contribution in [1.82, 2.24) is 0 Å². The molecule has 0 aromatic heterocycles. The van der Waals surface area contributed by atoms with Crippen LogP contribution in [0.5, 0.6) is 0 Å². The summed E-state index contributed by atoms with van der Waals surface area (Å²) >= 11 is 0. The summed E-state index contributed by atoms with van der Waals surface area (Å²) in [5.74, 6) is 0.781. The topological polar surface area (TPSA) is 0 Å². The van der Waals surface area contributed by atoms with E-state index in [0.717, 1.165) is 12.8 Å². The molecule has 0 amide bonds. The van der Waals surface area contributed by atoms with Crippen LogP contribution in [0.3, 0.4) is 0 Å². The summed E-state index contributed by atoms with van der Waals surface area (Å²) in [7, 11) is 1.31. The summed E-state index contributed by atoms with van der Waals surface area (Å²) < 4.78 is 0. The Morgan fingerprint density at radius 2 is 1.11 bits per heavy atom. The molecule has 1 saturated heterocycles. The van der Waals surface area contributed by atoms with Gasteiger partial charge in [0.15, 0.2) is 0 Å². The van der Waals surface area contributed by atoms with E-state index in [1.54, 1.807) is 0 Å². The third kappa shape index (κ3) is 5.37. The Labute approximate surface area is 251 Å². The van der Waals surface area contributed by atoms with Crippen LogP contribution in [0.25, 0.3) is 33.7 Å². The van der Waals surface area contributed by atoms with Gasteiger partial charge >= 0.3 is 26.2 Å². The van der Waals surface area contributed by atoms with Gasteiger partial charge in [-0.15, -0.1) is 11.8 Å². The molecule has 4 aromatic rings. The van der Waals surface area contributed by atoms with E-state index in [-0.39, 0.29) is 33.6 Å². The van der Waals surface area contributed by atoms with E-state index in [0.29, 0.717) is 11.8 Å². The van der Waals surface area contributed by atoms with Gasteiger partial charge in [0, 0.05) is 9.52 Å². The standard InChI is InChI=1S/C31H27.C4H8Si.CH3.Zr/c1-3-20-17-30-24-11-7-5-9-22(24)13-15-26(30)28(20)19-29-21(4-2)18-31-25-12-8-6-10-23(25)14-16-27(29)31;1-2-4-5-3-1;;/h5-19,28-29H,3-4H2,1-2H3;1-4H2;1H3;/q-1;;-1;+2. The van der Waals surface area contributed by atoms with Crippen molar-refractivity contribution in [2.24, 2.45) is 0 Å². The van der Waals surface area contributed by atoms with Gasteiger partial charge in [-0.05, 0) is 45.5 Å². The largest absolute Gasteiger partial charge is 2.00 e. The Balaban J connectivity index is 0.000000434. The van der Waals surface area contributed by atoms with Crippen molar-refractivity contribution in [3.05, 3.63) is 120 Å². The number of fused-ring (bicyclic) bond motifs is 6. The van der Waals surface area contributed by atoms with E-state index in [2.05, 4.69) is 105 Å². The first-order chi connectivity index (χ1) is 17.8. The number of benzene rings is 4. The fraction of sp³-hybridized carbons (Fsp3) is 0.278. The molecule has 1 heterocycles. The average Bonchev–Trinajstić information content (AvgIpc) is 3.69. The minimum atomic E-state index is 0. The molecule has 2 heteroatoms. The first kappa shape index (κ1) is 29.0. The maximum atomic E-state index is 2.63. The Morgan fingerprint density at radius 3 is 1.50 bits per heavy atom. The molecule has 0 bridgehead atoms. The molecule has 38 heavy (non-hydrogen) atoms. The molecule has 1 aliphatic heterocycles. The van der Waals surface area contributed by atoms with Crippen LogP contribution in [0, 0.1) is 13.8 Å². The molecule has 4 aromatic carbocycles. The molecule has 2 radical (unpaired) electrons. The smallest absolute Gasteiger partial charge is 0.358 e. The van der Waals surface area contributed by atoms with Crippen molar-refractivity contribution in [2.45, 2.75) is 63.5 Å². The molecule has 190 valence electrons. The van der Waals surface area contributed by atoms with Gasteiger partial charge in [-0.2, -0.15) is 0 Å². The Bertz CT molecular complexity index is 1360. The van der Waals surface area contributed by atoms with E-state index in [4.69, 9.17) is 0 Å². The van der Waals surface area contributed by atoms with Crippen molar-refractivity contribution in [1.29, 1.82) is 0 Å². The Morgan fingerprint density at radius 1 is 0.658 bits per heavy atom. The van der Waals surface area contributed by atoms with Gasteiger partial charge in [0.05, 0.1) is 0 Å². The third-order valence-electron chi connectivity index (χ3n) is 8.30. The summed E-state index contributed by atoms with van der Waals surface area (Å²) in [5, 5.41) is 5.43. The van der Waals surface area contributed by atoms with Crippen molar-refractivity contribution >= 4 is 43.2 Å². The van der Waals surface area contributed by atoms with Crippen LogP contribution < -0.4 is 0 Å². The maximum Gasteiger partial charge on any atom is 2.00 e. The fourth-order valence-corrected chi connectivity index (χ4v) is 7.61. The summed E-state index contributed by atoms with van der Waals surface area (Å²) in [6, 6.07) is 30.0. The van der Waals surface area contributed by atoms with Crippen molar-refractivity contribution in [3.63, 3.8) is 0 Å². The minimum Gasteiger partial charge on any atom is -0.358 e. The number of allylic oxidation sites excluding steroid dienone is 2. The molecule has 2 unspecified atom stereocenters. The summed E-state index contributed by atoms with van der Waals surface area (Å²) in [6.07, 6.45) is 12.8. The molecular weight excluding hydrogens is 552 g/mol. The zero-order valence-electron chi connectivity index (χ0n) is 23.1. The average molecular weight is 590 g/mol. The molecule has 0 spiro atoms. The second-order valence-corrected chi connectivity index (χ2v) is 11.8. The van der Waals surface area contributed by atoms with E-state index in [1.807, 2.05) is 0 Å². The zero-order valence-corrected chi connectivity index (χ0v) is 26.5. The second-order valence-electron chi connectivity index (χ2n) is 10.3. The number of hydrogen-bond donors (Lipinski definition) is 0. The predicted octanol–water partition coefficient (Wildman–Crippen LogP) is 10.4. The van der Waals surface area contributed by atoms with Crippen molar-refractivity contribution < 1.29 is 26.2 Å². The van der Waals surface area contributed by atoms with E-state index in [1.165, 1.54) is 89.4 Å². The number of rotatable bonds is 4. The first-order valence-electron chi connectivity index (χ1n) is 13.8. The maximum absolute atomic E-state index is 2.63. The molecule has 0 N–H and O–H groups in total. The first-order valence-corrected chi connectivity index (χ1v) is 15.2. The third-order valence-corrected chi connectivity index (χ3v) is 9.71. The number of hydrogen-bond acceptors (Lipinski definition) is 0. The molecular formula is C36H38SiZr. The second kappa shape index (κ2) is 12.9. The summed E-state index contributed by atoms with van der Waals surface area (Å²) in [6.45, 7) is 4.60. The van der Waals surface area contributed by atoms with Gasteiger partial charge < -0.3 is 13.8 Å². The molecule has 0 nitrogen and oxygen atoms in total. The van der Waals surface area contributed by atoms with Crippen LogP contribution in [0.1, 0.15) is 73.6 Å². The van der Waals surface area contributed by atoms with Crippen LogP contribution >= 0.6 is 0 Å². The van der Waals surface area contributed by atoms with Gasteiger partial charge in [0.25, 0.3) is 0 Å². The molecule has 1 fully saturated rings.